The highest BCUT2D eigenvalue weighted by Crippen LogP contribution is 2.39. The van der Waals surface area contributed by atoms with E-state index < -0.39 is 17.5 Å². The van der Waals surface area contributed by atoms with Crippen molar-refractivity contribution in [3.05, 3.63) is 68.9 Å². The smallest absolute Gasteiger partial charge is 0.333 e. The molecule has 2 unspecified atom stereocenters. The Morgan fingerprint density at radius 3 is 2.20 bits per heavy atom. The van der Waals surface area contributed by atoms with E-state index in [1.165, 1.54) is 75.0 Å². The SMILES string of the molecule is CCCCCCCCCCCCCCC(C)(N1CCC(c2nc(C(=O)N(C)C3CCCc4ccccc43)cs2)CC1)n1nc(C(F)(F)F)cc1C. The van der Waals surface area contributed by atoms with Crippen LogP contribution in [0.15, 0.2) is 35.7 Å². The van der Waals surface area contributed by atoms with Crippen molar-refractivity contribution in [2.75, 3.05) is 20.1 Å². The molecule has 10 heteroatoms. The van der Waals surface area contributed by atoms with Gasteiger partial charge in [0.15, 0.2) is 5.69 Å². The van der Waals surface area contributed by atoms with Crippen LogP contribution in [0.2, 0.25) is 0 Å². The number of rotatable bonds is 18. The van der Waals surface area contributed by atoms with E-state index in [1.54, 1.807) is 22.9 Å². The van der Waals surface area contributed by atoms with Gasteiger partial charge in [-0.15, -0.1) is 11.3 Å². The Hall–Kier alpha value is -2.72. The lowest BCUT2D eigenvalue weighted by molar-refractivity contribution is -0.142. The first-order valence-corrected chi connectivity index (χ1v) is 20.6. The number of thiazole rings is 1. The number of hydrogen-bond acceptors (Lipinski definition) is 5. The number of hydrogen-bond donors (Lipinski definition) is 0. The second-order valence-corrected chi connectivity index (χ2v) is 16.2. The molecule has 1 amide bonds. The maximum absolute atomic E-state index is 13.8. The van der Waals surface area contributed by atoms with E-state index in [4.69, 9.17) is 4.98 Å². The van der Waals surface area contributed by atoms with Crippen molar-refractivity contribution in [3.8, 4) is 0 Å². The van der Waals surface area contributed by atoms with Crippen LogP contribution in [0.25, 0.3) is 0 Å². The molecule has 1 aliphatic heterocycles. The highest BCUT2D eigenvalue weighted by Gasteiger charge is 2.41. The summed E-state index contributed by atoms with van der Waals surface area (Å²) in [6.07, 6.45) is 16.0. The van der Waals surface area contributed by atoms with Gasteiger partial charge in [-0.3, -0.25) is 9.69 Å². The molecule has 51 heavy (non-hydrogen) atoms. The molecule has 6 nitrogen and oxygen atoms in total. The highest BCUT2D eigenvalue weighted by atomic mass is 32.1. The summed E-state index contributed by atoms with van der Waals surface area (Å²) in [5.74, 6) is 0.176. The maximum atomic E-state index is 13.8. The first kappa shape index (κ1) is 39.5. The molecule has 3 heterocycles. The standard InChI is InChI=1S/C41H60F3N5OS/c1-5-6-7-8-9-10-11-12-13-14-15-18-26-40(3,49-31(2)29-37(46-49)41(42,43)44)48-27-24-33(25-28-48)38-45-35(30-51-38)39(50)47(4)36-23-19-21-32-20-16-17-22-34(32)36/h16-17,20,22,29-30,33,36H,5-15,18-19,21,23-28H2,1-4H3. The summed E-state index contributed by atoms with van der Waals surface area (Å²) in [5, 5.41) is 7.05. The molecule has 1 aliphatic carbocycles. The number of benzene rings is 1. The Bertz CT molecular complexity index is 1530. The maximum Gasteiger partial charge on any atom is 0.435 e. The van der Waals surface area contributed by atoms with Gasteiger partial charge in [-0.2, -0.15) is 18.3 Å². The zero-order valence-corrected chi connectivity index (χ0v) is 32.3. The summed E-state index contributed by atoms with van der Waals surface area (Å²) in [7, 11) is 1.89. The summed E-state index contributed by atoms with van der Waals surface area (Å²) in [6.45, 7) is 7.54. The topological polar surface area (TPSA) is 54.3 Å². The fourth-order valence-corrected chi connectivity index (χ4v) is 9.40. The van der Waals surface area contributed by atoms with Gasteiger partial charge >= 0.3 is 6.18 Å². The number of fused-ring (bicyclic) bond motifs is 1. The number of aryl methyl sites for hydroxylation is 2. The number of halogens is 3. The van der Waals surface area contributed by atoms with Crippen molar-refractivity contribution >= 4 is 17.2 Å². The normalized spacial score (nSPS) is 18.5. The summed E-state index contributed by atoms with van der Waals surface area (Å²) in [4.78, 5) is 22.7. The van der Waals surface area contributed by atoms with Crippen LogP contribution >= 0.6 is 11.3 Å². The molecular formula is C41H60F3N5OS. The van der Waals surface area contributed by atoms with E-state index in [1.807, 2.05) is 17.3 Å². The lowest BCUT2D eigenvalue weighted by Crippen LogP contribution is -2.52. The zero-order valence-electron chi connectivity index (χ0n) is 31.4. The third kappa shape index (κ3) is 10.0. The molecule has 0 spiro atoms. The van der Waals surface area contributed by atoms with Crippen LogP contribution in [0.5, 0.6) is 0 Å². The number of aromatic nitrogens is 3. The average molecular weight is 728 g/mol. The van der Waals surface area contributed by atoms with Crippen molar-refractivity contribution < 1.29 is 18.0 Å². The Labute approximate surface area is 308 Å². The molecule has 0 radical (unpaired) electrons. The van der Waals surface area contributed by atoms with Crippen molar-refractivity contribution in [2.24, 2.45) is 0 Å². The number of likely N-dealkylation sites (tertiary alicyclic amines) is 1. The quantitative estimate of drug-likeness (QED) is 0.122. The summed E-state index contributed by atoms with van der Waals surface area (Å²) >= 11 is 1.56. The second kappa shape index (κ2) is 18.4. The Kier molecular flexibility index (Phi) is 14.2. The van der Waals surface area contributed by atoms with Gasteiger partial charge in [-0.05, 0) is 76.0 Å². The molecule has 1 fully saturated rings. The largest absolute Gasteiger partial charge is 0.435 e. The van der Waals surface area contributed by atoms with Crippen LogP contribution < -0.4 is 0 Å². The van der Waals surface area contributed by atoms with Gasteiger partial charge in [0.1, 0.15) is 11.4 Å². The Morgan fingerprint density at radius 1 is 0.941 bits per heavy atom. The molecule has 2 aromatic heterocycles. The Balaban J connectivity index is 1.17. The van der Waals surface area contributed by atoms with E-state index in [-0.39, 0.29) is 17.9 Å². The third-order valence-corrected chi connectivity index (χ3v) is 12.5. The number of carbonyl (C=O) groups excluding carboxylic acids is 1. The molecule has 3 aromatic rings. The van der Waals surface area contributed by atoms with Gasteiger partial charge in [-0.25, -0.2) is 9.67 Å². The number of piperidine rings is 1. The van der Waals surface area contributed by atoms with Gasteiger partial charge in [-0.1, -0.05) is 102 Å². The Morgan fingerprint density at radius 2 is 1.57 bits per heavy atom. The molecule has 2 atom stereocenters. The van der Waals surface area contributed by atoms with Gasteiger partial charge in [0.25, 0.3) is 5.91 Å². The van der Waals surface area contributed by atoms with Crippen LogP contribution in [0.4, 0.5) is 13.2 Å². The first-order valence-electron chi connectivity index (χ1n) is 19.7. The van der Waals surface area contributed by atoms with Crippen LogP contribution in [0.3, 0.4) is 0 Å². The predicted molar refractivity (Wildman–Crippen MR) is 201 cm³/mol. The van der Waals surface area contributed by atoms with Gasteiger partial charge < -0.3 is 4.90 Å². The number of carbonyl (C=O) groups is 1. The van der Waals surface area contributed by atoms with E-state index in [2.05, 4.69) is 48.1 Å². The van der Waals surface area contributed by atoms with E-state index in [9.17, 15) is 18.0 Å². The van der Waals surface area contributed by atoms with E-state index in [0.717, 1.165) is 75.9 Å². The van der Waals surface area contributed by atoms with E-state index >= 15 is 0 Å². The second-order valence-electron chi connectivity index (χ2n) is 15.3. The molecule has 5 rings (SSSR count). The van der Waals surface area contributed by atoms with E-state index in [0.29, 0.717) is 11.4 Å². The van der Waals surface area contributed by atoms with Crippen LogP contribution in [-0.2, 0) is 18.3 Å². The van der Waals surface area contributed by atoms with Gasteiger partial charge in [0.2, 0.25) is 0 Å². The molecule has 0 N–H and O–H groups in total. The summed E-state index contributed by atoms with van der Waals surface area (Å²) in [5.41, 5.74) is 2.14. The minimum atomic E-state index is -4.48. The molecular weight excluding hydrogens is 668 g/mol. The molecule has 1 aromatic carbocycles. The summed E-state index contributed by atoms with van der Waals surface area (Å²) < 4.78 is 42.9. The van der Waals surface area contributed by atoms with Crippen LogP contribution in [-0.4, -0.2) is 50.6 Å². The fourth-order valence-electron chi connectivity index (χ4n) is 8.43. The lowest BCUT2D eigenvalue weighted by atomic mass is 9.87. The number of unbranched alkanes of at least 4 members (excludes halogenated alkanes) is 11. The minimum absolute atomic E-state index is 0.0405. The number of nitrogens with zero attached hydrogens (tertiary/aromatic N) is 5. The molecule has 0 bridgehead atoms. The lowest BCUT2D eigenvalue weighted by Gasteiger charge is -2.45. The fraction of sp³-hybridized carbons (Fsp3) is 0.683. The van der Waals surface area contributed by atoms with Crippen molar-refractivity contribution in [1.29, 1.82) is 0 Å². The van der Waals surface area contributed by atoms with Gasteiger partial charge in [0.05, 0.1) is 11.0 Å². The molecule has 282 valence electrons. The zero-order chi connectivity index (χ0) is 36.4. The van der Waals surface area contributed by atoms with Crippen molar-refractivity contribution in [3.63, 3.8) is 0 Å². The molecule has 1 saturated heterocycles. The monoisotopic (exact) mass is 727 g/mol. The van der Waals surface area contributed by atoms with Gasteiger partial charge in [0, 0.05) is 37.1 Å². The average Bonchev–Trinajstić information content (AvgIpc) is 3.79. The highest BCUT2D eigenvalue weighted by molar-refractivity contribution is 7.09. The number of alkyl halides is 3. The van der Waals surface area contributed by atoms with Crippen LogP contribution in [0, 0.1) is 6.92 Å². The summed E-state index contributed by atoms with van der Waals surface area (Å²) in [6, 6.07) is 9.67. The third-order valence-electron chi connectivity index (χ3n) is 11.5. The molecule has 2 aliphatic rings. The molecule has 0 saturated carbocycles. The predicted octanol–water partition coefficient (Wildman–Crippen LogP) is 11.5. The van der Waals surface area contributed by atoms with Crippen molar-refractivity contribution in [2.45, 2.75) is 160 Å². The minimum Gasteiger partial charge on any atom is -0.333 e. The van der Waals surface area contributed by atoms with Crippen LogP contribution in [0.1, 0.15) is 173 Å². The first-order chi connectivity index (χ1) is 24.5. The number of amides is 1. The van der Waals surface area contributed by atoms with Crippen molar-refractivity contribution in [1.82, 2.24) is 24.6 Å².